The fourth-order valence-corrected chi connectivity index (χ4v) is 2.19. The Hall–Kier alpha value is -1.95. The summed E-state index contributed by atoms with van der Waals surface area (Å²) in [6, 6.07) is 7.07. The summed E-state index contributed by atoms with van der Waals surface area (Å²) in [7, 11) is 0. The van der Waals surface area contributed by atoms with Crippen LogP contribution in [0.25, 0.3) is 0 Å². The molecular formula is C14H11BrF2N2O. The van der Waals surface area contributed by atoms with E-state index in [-0.39, 0.29) is 5.56 Å². The maximum absolute atomic E-state index is 13.8. The summed E-state index contributed by atoms with van der Waals surface area (Å²) in [6.07, 6.45) is 0. The minimum atomic E-state index is -0.914. The first kappa shape index (κ1) is 14.5. The molecule has 0 atom stereocenters. The monoisotopic (exact) mass is 340 g/mol. The number of hydrogen-bond donors (Lipinski definition) is 2. The van der Waals surface area contributed by atoms with Crippen molar-refractivity contribution in [2.45, 2.75) is 6.92 Å². The third-order valence-electron chi connectivity index (χ3n) is 2.61. The van der Waals surface area contributed by atoms with E-state index in [4.69, 9.17) is 15.9 Å². The predicted octanol–water partition coefficient (Wildman–Crippen LogP) is 4.11. The first-order chi connectivity index (χ1) is 9.38. The number of nitrogen functional groups attached to an aromatic ring is 1. The van der Waals surface area contributed by atoms with Crippen LogP contribution < -0.4 is 10.5 Å². The van der Waals surface area contributed by atoms with Gasteiger partial charge < -0.3 is 10.5 Å². The van der Waals surface area contributed by atoms with Crippen LogP contribution in [-0.4, -0.2) is 5.84 Å². The number of benzene rings is 2. The molecule has 2 aromatic rings. The van der Waals surface area contributed by atoms with Gasteiger partial charge in [0.1, 0.15) is 11.6 Å². The van der Waals surface area contributed by atoms with Gasteiger partial charge in [0.05, 0.1) is 4.47 Å². The molecule has 0 aliphatic carbocycles. The highest BCUT2D eigenvalue weighted by atomic mass is 79.9. The van der Waals surface area contributed by atoms with Crippen LogP contribution >= 0.6 is 15.9 Å². The molecule has 104 valence electrons. The van der Waals surface area contributed by atoms with Gasteiger partial charge in [0, 0.05) is 5.56 Å². The van der Waals surface area contributed by atoms with Crippen LogP contribution in [0.4, 0.5) is 8.78 Å². The number of nitrogens with two attached hydrogens (primary N) is 1. The number of ether oxygens (including phenoxy) is 1. The maximum atomic E-state index is 13.8. The quantitative estimate of drug-likeness (QED) is 0.652. The van der Waals surface area contributed by atoms with E-state index in [1.165, 1.54) is 0 Å². The average molecular weight is 341 g/mol. The molecule has 3 nitrogen and oxygen atoms in total. The summed E-state index contributed by atoms with van der Waals surface area (Å²) >= 11 is 3.27. The molecule has 0 bridgehead atoms. The third-order valence-corrected chi connectivity index (χ3v) is 3.23. The Kier molecular flexibility index (Phi) is 4.04. The number of aryl methyl sites for hydroxylation is 1. The molecule has 0 unspecified atom stereocenters. The van der Waals surface area contributed by atoms with Crippen LogP contribution in [0.2, 0.25) is 0 Å². The molecule has 0 radical (unpaired) electrons. The lowest BCUT2D eigenvalue weighted by atomic mass is 10.2. The van der Waals surface area contributed by atoms with Crippen molar-refractivity contribution in [3.8, 4) is 11.5 Å². The van der Waals surface area contributed by atoms with E-state index in [0.717, 1.165) is 17.7 Å². The van der Waals surface area contributed by atoms with E-state index in [0.29, 0.717) is 10.2 Å². The van der Waals surface area contributed by atoms with Crippen molar-refractivity contribution in [2.24, 2.45) is 5.73 Å². The van der Waals surface area contributed by atoms with Crippen molar-refractivity contribution >= 4 is 21.8 Å². The molecule has 0 aromatic heterocycles. The van der Waals surface area contributed by atoms with Gasteiger partial charge in [-0.1, -0.05) is 6.07 Å². The third kappa shape index (κ3) is 2.96. The largest absolute Gasteiger partial charge is 0.450 e. The molecule has 20 heavy (non-hydrogen) atoms. The summed E-state index contributed by atoms with van der Waals surface area (Å²) in [6.45, 7) is 1.89. The molecule has 0 amide bonds. The lowest BCUT2D eigenvalue weighted by molar-refractivity contribution is 0.405. The van der Waals surface area contributed by atoms with Gasteiger partial charge in [-0.15, -0.1) is 0 Å². The van der Waals surface area contributed by atoms with Gasteiger partial charge in [-0.2, -0.15) is 0 Å². The summed E-state index contributed by atoms with van der Waals surface area (Å²) in [5, 5.41) is 7.17. The van der Waals surface area contributed by atoms with Crippen LogP contribution in [0, 0.1) is 24.0 Å². The van der Waals surface area contributed by atoms with Crippen LogP contribution in [0.5, 0.6) is 11.5 Å². The summed E-state index contributed by atoms with van der Waals surface area (Å²) in [5.41, 5.74) is 6.15. The van der Waals surface area contributed by atoms with Gasteiger partial charge in [-0.05, 0) is 52.7 Å². The van der Waals surface area contributed by atoms with E-state index in [1.54, 1.807) is 18.2 Å². The smallest absolute Gasteiger partial charge is 0.198 e. The summed E-state index contributed by atoms with van der Waals surface area (Å²) in [5.74, 6) is -2.47. The van der Waals surface area contributed by atoms with Crippen LogP contribution in [0.3, 0.4) is 0 Å². The molecule has 0 fully saturated rings. The highest BCUT2D eigenvalue weighted by Crippen LogP contribution is 2.33. The van der Waals surface area contributed by atoms with Crippen LogP contribution in [0.15, 0.2) is 34.8 Å². The molecular weight excluding hydrogens is 330 g/mol. The van der Waals surface area contributed by atoms with Gasteiger partial charge in [-0.25, -0.2) is 8.78 Å². The Morgan fingerprint density at radius 1 is 1.20 bits per heavy atom. The van der Waals surface area contributed by atoms with Crippen molar-refractivity contribution in [1.29, 1.82) is 5.41 Å². The standard InChI is InChI=1S/C14H11BrF2N2O/c1-7-2-3-12(9(15)4-7)20-13-10(16)5-8(14(18)19)6-11(13)17/h2-6H,1H3,(H3,18,19). The van der Waals surface area contributed by atoms with E-state index >= 15 is 0 Å². The molecule has 2 aromatic carbocycles. The molecule has 2 rings (SSSR count). The van der Waals surface area contributed by atoms with Crippen molar-refractivity contribution in [3.05, 3.63) is 57.6 Å². The molecule has 0 saturated heterocycles. The number of amidine groups is 1. The van der Waals surface area contributed by atoms with Crippen molar-refractivity contribution < 1.29 is 13.5 Å². The summed E-state index contributed by atoms with van der Waals surface area (Å²) in [4.78, 5) is 0. The lowest BCUT2D eigenvalue weighted by Crippen LogP contribution is -2.12. The molecule has 0 aliphatic rings. The first-order valence-corrected chi connectivity index (χ1v) is 6.45. The second-order valence-electron chi connectivity index (χ2n) is 4.22. The molecule has 3 N–H and O–H groups in total. The van der Waals surface area contributed by atoms with E-state index in [2.05, 4.69) is 15.9 Å². The molecule has 0 saturated carbocycles. The Balaban J connectivity index is 2.41. The highest BCUT2D eigenvalue weighted by Gasteiger charge is 2.16. The zero-order valence-electron chi connectivity index (χ0n) is 10.5. The van der Waals surface area contributed by atoms with Crippen molar-refractivity contribution in [1.82, 2.24) is 0 Å². The summed E-state index contributed by atoms with van der Waals surface area (Å²) < 4.78 is 33.5. The minimum Gasteiger partial charge on any atom is -0.450 e. The number of halogens is 3. The van der Waals surface area contributed by atoms with Crippen molar-refractivity contribution in [3.63, 3.8) is 0 Å². The Morgan fingerprint density at radius 2 is 1.80 bits per heavy atom. The topological polar surface area (TPSA) is 59.1 Å². The first-order valence-electron chi connectivity index (χ1n) is 5.66. The van der Waals surface area contributed by atoms with Crippen molar-refractivity contribution in [2.75, 3.05) is 0 Å². The van der Waals surface area contributed by atoms with E-state index in [9.17, 15) is 8.78 Å². The molecule has 6 heteroatoms. The second kappa shape index (κ2) is 5.58. The number of nitrogens with one attached hydrogen (secondary N) is 1. The van der Waals surface area contributed by atoms with Crippen LogP contribution in [0.1, 0.15) is 11.1 Å². The van der Waals surface area contributed by atoms with Gasteiger partial charge in [0.25, 0.3) is 0 Å². The average Bonchev–Trinajstić information content (AvgIpc) is 2.35. The van der Waals surface area contributed by atoms with E-state index in [1.807, 2.05) is 6.92 Å². The molecule has 0 aliphatic heterocycles. The zero-order chi connectivity index (χ0) is 14.9. The van der Waals surface area contributed by atoms with E-state index < -0.39 is 23.2 Å². The Labute approximate surface area is 123 Å². The van der Waals surface area contributed by atoms with Gasteiger partial charge in [-0.3, -0.25) is 5.41 Å². The molecule has 0 heterocycles. The minimum absolute atomic E-state index is 0.0321. The fraction of sp³-hybridized carbons (Fsp3) is 0.0714. The predicted molar refractivity (Wildman–Crippen MR) is 76.3 cm³/mol. The maximum Gasteiger partial charge on any atom is 0.198 e. The number of rotatable bonds is 3. The van der Waals surface area contributed by atoms with Crippen LogP contribution in [-0.2, 0) is 0 Å². The Morgan fingerprint density at radius 3 is 2.30 bits per heavy atom. The lowest BCUT2D eigenvalue weighted by Gasteiger charge is -2.11. The SMILES string of the molecule is Cc1ccc(Oc2c(F)cc(C(=N)N)cc2F)c(Br)c1. The van der Waals surface area contributed by atoms with Gasteiger partial charge in [0.2, 0.25) is 0 Å². The van der Waals surface area contributed by atoms with Gasteiger partial charge in [0.15, 0.2) is 17.4 Å². The highest BCUT2D eigenvalue weighted by molar-refractivity contribution is 9.10. The zero-order valence-corrected chi connectivity index (χ0v) is 12.1. The van der Waals surface area contributed by atoms with Gasteiger partial charge >= 0.3 is 0 Å². The second-order valence-corrected chi connectivity index (χ2v) is 5.07. The Bertz CT molecular complexity index is 666. The molecule has 0 spiro atoms. The fourth-order valence-electron chi connectivity index (χ4n) is 1.61. The number of hydrogen-bond acceptors (Lipinski definition) is 2. The normalized spacial score (nSPS) is 10.4.